The Bertz CT molecular complexity index is 1100. The molecule has 4 aliphatic carbocycles. The number of fused-ring (bicyclic) bond motifs is 5. The van der Waals surface area contributed by atoms with Crippen molar-refractivity contribution in [2.45, 2.75) is 64.6 Å². The van der Waals surface area contributed by atoms with Gasteiger partial charge in [-0.25, -0.2) is 14.4 Å². The number of aliphatic hydroxyl groups is 1. The molecule has 228 valence electrons. The number of hydrogen-bond acceptors (Lipinski definition) is 13. The van der Waals surface area contributed by atoms with Crippen LogP contribution in [-0.4, -0.2) is 89.3 Å². The number of carbonyl (C=O) groups excluding carboxylic acids is 4. The van der Waals surface area contributed by atoms with E-state index in [1.807, 2.05) is 19.9 Å². The van der Waals surface area contributed by atoms with Crippen LogP contribution >= 0.6 is 0 Å². The third-order valence-electron chi connectivity index (χ3n) is 9.60. The highest BCUT2D eigenvalue weighted by Gasteiger charge is 2.70. The number of rotatable bonds is 11. The lowest BCUT2D eigenvalue weighted by atomic mass is 9.46. The normalized spacial score (nSPS) is 35.7. The summed E-state index contributed by atoms with van der Waals surface area (Å²) in [6.07, 6.45) is 5.56. The molecule has 0 aliphatic heterocycles. The number of Topliss-reactive ketones (excluding diaryl/α,β-unsaturated/α-hetero) is 1. The van der Waals surface area contributed by atoms with Gasteiger partial charge >= 0.3 is 12.1 Å². The van der Waals surface area contributed by atoms with Crippen LogP contribution in [-0.2, 0) is 38.2 Å². The largest absolute Gasteiger partial charge is 0.509 e. The zero-order valence-corrected chi connectivity index (χ0v) is 23.6. The number of nitrogens with zero attached hydrogens (tertiary/aromatic N) is 1. The summed E-state index contributed by atoms with van der Waals surface area (Å²) in [5.74, 6) is -1.79. The number of ether oxygens (including phenoxy) is 4. The lowest BCUT2D eigenvalue weighted by Gasteiger charge is -2.59. The fourth-order valence-electron chi connectivity index (χ4n) is 7.92. The number of ketones is 2. The first-order valence-corrected chi connectivity index (χ1v) is 13.9. The maximum atomic E-state index is 13.8. The molecule has 4 aliphatic rings. The summed E-state index contributed by atoms with van der Waals surface area (Å²) in [6, 6.07) is 0. The summed E-state index contributed by atoms with van der Waals surface area (Å²) in [7, 11) is 0. The molecule has 3 fully saturated rings. The van der Waals surface area contributed by atoms with Gasteiger partial charge in [-0.2, -0.15) is 0 Å². The van der Waals surface area contributed by atoms with E-state index in [2.05, 4.69) is 4.84 Å². The van der Waals surface area contributed by atoms with Gasteiger partial charge in [0.25, 0.3) is 0 Å². The zero-order valence-electron chi connectivity index (χ0n) is 23.6. The minimum Gasteiger partial charge on any atom is -0.456 e. The number of hydrogen-bond donors (Lipinski definition) is 3. The third-order valence-corrected chi connectivity index (χ3v) is 9.60. The standard InChI is InChI=1S/C28H39NO12/c1-4-38-25(34)41-28(22(32)15-39-23(33)16-37-11-12-40-29(35)36)10-8-20-19-6-5-17-13-18(30)7-9-26(17,2)24(19)21(31)14-27(20,28)3/h7,9,13,19-21,24,31,35-36H,4-6,8,10-12,14-16H2,1-3H3/t19-,20-,21-,24+,26-,27-,28-/m0/s1. The van der Waals surface area contributed by atoms with Gasteiger partial charge in [0.05, 0.1) is 31.3 Å². The Kier molecular flexibility index (Phi) is 9.36. The maximum absolute atomic E-state index is 13.8. The first-order valence-electron chi connectivity index (χ1n) is 13.9. The number of carbonyl (C=O) groups is 4. The lowest BCUT2D eigenvalue weighted by Crippen LogP contribution is -2.63. The molecule has 0 heterocycles. The van der Waals surface area contributed by atoms with Crippen molar-refractivity contribution in [3.8, 4) is 0 Å². The van der Waals surface area contributed by atoms with Crippen molar-refractivity contribution < 1.29 is 58.5 Å². The van der Waals surface area contributed by atoms with Crippen LogP contribution < -0.4 is 0 Å². The molecule has 0 aromatic heterocycles. The minimum atomic E-state index is -1.69. The second kappa shape index (κ2) is 12.3. The Hall–Kier alpha value is -2.68. The SMILES string of the molecule is CCOC(=O)O[C@]1(C(=O)COC(=O)COCCON(O)O)CC[C@H]2[C@@H]3CCC4=CC(=O)C=C[C@]4(C)[C@H]3[C@@H](O)C[C@@]21C. The van der Waals surface area contributed by atoms with Crippen LogP contribution in [0.5, 0.6) is 0 Å². The van der Waals surface area contributed by atoms with Gasteiger partial charge in [-0.15, -0.1) is 0 Å². The van der Waals surface area contributed by atoms with Gasteiger partial charge in [0, 0.05) is 16.7 Å². The van der Waals surface area contributed by atoms with E-state index < -0.39 is 59.0 Å². The number of esters is 1. The van der Waals surface area contributed by atoms with Crippen LogP contribution in [0.1, 0.15) is 52.9 Å². The average molecular weight is 582 g/mol. The predicted molar refractivity (Wildman–Crippen MR) is 137 cm³/mol. The zero-order chi connectivity index (χ0) is 30.0. The smallest absolute Gasteiger partial charge is 0.456 e. The Morgan fingerprint density at radius 2 is 1.85 bits per heavy atom. The summed E-state index contributed by atoms with van der Waals surface area (Å²) in [6.45, 7) is 3.95. The molecule has 3 N–H and O–H groups in total. The van der Waals surface area contributed by atoms with Gasteiger partial charge in [0.2, 0.25) is 5.78 Å². The van der Waals surface area contributed by atoms with E-state index in [0.29, 0.717) is 19.3 Å². The first kappa shape index (κ1) is 31.3. The van der Waals surface area contributed by atoms with Crippen LogP contribution in [0.4, 0.5) is 4.79 Å². The molecule has 0 unspecified atom stereocenters. The third kappa shape index (κ3) is 5.84. The molecule has 0 spiro atoms. The van der Waals surface area contributed by atoms with Crippen LogP contribution in [0.15, 0.2) is 23.8 Å². The summed E-state index contributed by atoms with van der Waals surface area (Å²) in [5.41, 5.74) is -2.15. The van der Waals surface area contributed by atoms with Gasteiger partial charge in [-0.1, -0.05) is 25.5 Å². The van der Waals surface area contributed by atoms with Crippen LogP contribution in [0.25, 0.3) is 0 Å². The van der Waals surface area contributed by atoms with Gasteiger partial charge in [-0.3, -0.25) is 20.0 Å². The molecule has 0 saturated heterocycles. The molecule has 7 atom stereocenters. The van der Waals surface area contributed by atoms with Crippen molar-refractivity contribution in [3.05, 3.63) is 23.8 Å². The van der Waals surface area contributed by atoms with Gasteiger partial charge in [-0.05, 0) is 63.0 Å². The maximum Gasteiger partial charge on any atom is 0.509 e. The Labute approximate surface area is 237 Å². The molecule has 13 heteroatoms. The lowest BCUT2D eigenvalue weighted by molar-refractivity contribution is -0.493. The van der Waals surface area contributed by atoms with Crippen molar-refractivity contribution in [2.24, 2.45) is 28.6 Å². The quantitative estimate of drug-likeness (QED) is 0.184. The van der Waals surface area contributed by atoms with Gasteiger partial charge < -0.3 is 24.1 Å². The minimum absolute atomic E-state index is 0.00356. The summed E-state index contributed by atoms with van der Waals surface area (Å²) >= 11 is 0. The van der Waals surface area contributed by atoms with Crippen LogP contribution in [0.3, 0.4) is 0 Å². The molecule has 41 heavy (non-hydrogen) atoms. The monoisotopic (exact) mass is 581 g/mol. The van der Waals surface area contributed by atoms with Gasteiger partial charge in [0.15, 0.2) is 18.0 Å². The molecule has 3 saturated carbocycles. The summed E-state index contributed by atoms with van der Waals surface area (Å²) in [4.78, 5) is 55.1. The highest BCUT2D eigenvalue weighted by Crippen LogP contribution is 2.68. The number of allylic oxidation sites excluding steroid dienone is 4. The van der Waals surface area contributed by atoms with E-state index in [1.54, 1.807) is 19.1 Å². The van der Waals surface area contributed by atoms with E-state index in [4.69, 9.17) is 29.4 Å². The second-order valence-electron chi connectivity index (χ2n) is 11.6. The highest BCUT2D eigenvalue weighted by atomic mass is 17.1. The van der Waals surface area contributed by atoms with Crippen molar-refractivity contribution in [2.75, 3.05) is 33.0 Å². The molecule has 13 nitrogen and oxygen atoms in total. The summed E-state index contributed by atoms with van der Waals surface area (Å²) in [5, 5.41) is 28.2. The number of aliphatic hydroxyl groups excluding tert-OH is 1. The Morgan fingerprint density at radius 3 is 2.56 bits per heavy atom. The van der Waals surface area contributed by atoms with Crippen LogP contribution in [0, 0.1) is 28.6 Å². The molecule has 0 aromatic rings. The molecule has 0 bridgehead atoms. The Balaban J connectivity index is 1.53. The highest BCUT2D eigenvalue weighted by molar-refractivity contribution is 6.01. The van der Waals surface area contributed by atoms with E-state index in [-0.39, 0.29) is 56.2 Å². The molecule has 0 amide bonds. The fourth-order valence-corrected chi connectivity index (χ4v) is 7.92. The molecule has 0 aromatic carbocycles. The predicted octanol–water partition coefficient (Wildman–Crippen LogP) is 2.32. The topological polar surface area (TPSA) is 178 Å². The average Bonchev–Trinajstić information content (AvgIpc) is 3.19. The van der Waals surface area contributed by atoms with E-state index in [0.717, 1.165) is 5.57 Å². The Morgan fingerprint density at radius 1 is 1.10 bits per heavy atom. The van der Waals surface area contributed by atoms with Crippen molar-refractivity contribution in [1.29, 1.82) is 0 Å². The van der Waals surface area contributed by atoms with Crippen molar-refractivity contribution in [3.63, 3.8) is 0 Å². The van der Waals surface area contributed by atoms with Gasteiger partial charge in [0.1, 0.15) is 6.61 Å². The van der Waals surface area contributed by atoms with Crippen molar-refractivity contribution >= 4 is 23.7 Å². The molecular weight excluding hydrogens is 542 g/mol. The summed E-state index contributed by atoms with van der Waals surface area (Å²) < 4.78 is 21.1. The van der Waals surface area contributed by atoms with E-state index in [9.17, 15) is 24.3 Å². The first-order chi connectivity index (χ1) is 19.4. The van der Waals surface area contributed by atoms with Crippen LogP contribution in [0.2, 0.25) is 0 Å². The van der Waals surface area contributed by atoms with Crippen molar-refractivity contribution in [1.82, 2.24) is 5.39 Å². The fraction of sp³-hybridized carbons (Fsp3) is 0.714. The molecule has 0 radical (unpaired) electrons. The van der Waals surface area contributed by atoms with E-state index in [1.165, 1.54) is 0 Å². The molecule has 4 rings (SSSR count). The second-order valence-corrected chi connectivity index (χ2v) is 11.6. The van der Waals surface area contributed by atoms with E-state index >= 15 is 0 Å². The molecular formula is C28H39NO12.